The number of hydrogen-bond acceptors (Lipinski definition) is 2. The molecule has 3 heterocycles. The minimum atomic E-state index is -0.860. The van der Waals surface area contributed by atoms with E-state index in [-0.39, 0.29) is 0 Å². The van der Waals surface area contributed by atoms with Gasteiger partial charge in [-0.2, -0.15) is 10.5 Å². The van der Waals surface area contributed by atoms with Crippen molar-refractivity contribution in [2.45, 2.75) is 19.4 Å². The fraction of sp³-hybridized carbons (Fsp3) is 0.0638. The van der Waals surface area contributed by atoms with Gasteiger partial charge in [-0.1, -0.05) is 109 Å². The van der Waals surface area contributed by atoms with Crippen LogP contribution in [0.5, 0.6) is 0 Å². The summed E-state index contributed by atoms with van der Waals surface area (Å²) in [5.74, 6) is 0. The second-order valence-electron chi connectivity index (χ2n) is 13.9. The van der Waals surface area contributed by atoms with Gasteiger partial charge in [0, 0.05) is 48.9 Å². The maximum atomic E-state index is 11.4. The number of nitrogens with zero attached hydrogens (tertiary/aromatic N) is 5. The van der Waals surface area contributed by atoms with Crippen molar-refractivity contribution < 1.29 is 0 Å². The van der Waals surface area contributed by atoms with E-state index >= 15 is 0 Å². The maximum absolute atomic E-state index is 11.4. The van der Waals surface area contributed by atoms with Crippen molar-refractivity contribution in [2.24, 2.45) is 0 Å². The Kier molecular flexibility index (Phi) is 6.28. The van der Waals surface area contributed by atoms with Crippen LogP contribution >= 0.6 is 0 Å². The average molecular weight is 666 g/mol. The lowest BCUT2D eigenvalue weighted by Gasteiger charge is -2.33. The van der Waals surface area contributed by atoms with Crippen molar-refractivity contribution in [2.75, 3.05) is 0 Å². The second-order valence-corrected chi connectivity index (χ2v) is 13.9. The van der Waals surface area contributed by atoms with E-state index in [1.165, 1.54) is 0 Å². The molecule has 10 rings (SSSR count). The van der Waals surface area contributed by atoms with Crippen molar-refractivity contribution in [3.8, 4) is 23.5 Å². The van der Waals surface area contributed by atoms with Crippen molar-refractivity contribution in [3.05, 3.63) is 168 Å². The molecular weight excluding hydrogens is 635 g/mol. The predicted molar refractivity (Wildman–Crippen MR) is 212 cm³/mol. The molecule has 0 saturated heterocycles. The van der Waals surface area contributed by atoms with Crippen LogP contribution in [0.1, 0.15) is 30.5 Å². The topological polar surface area (TPSA) is 62.4 Å². The lowest BCUT2D eigenvalue weighted by Crippen LogP contribution is -2.31. The molecule has 3 aromatic heterocycles. The Bertz CT molecular complexity index is 2880. The summed E-state index contributed by atoms with van der Waals surface area (Å²) in [4.78, 5) is 0. The molecule has 0 N–H and O–H groups in total. The van der Waals surface area contributed by atoms with Crippen molar-refractivity contribution >= 4 is 65.4 Å². The predicted octanol–water partition coefficient (Wildman–Crippen LogP) is 11.5. The first-order chi connectivity index (χ1) is 25.5. The molecule has 0 fully saturated rings. The molecule has 10 aromatic rings. The Morgan fingerprint density at radius 1 is 0.404 bits per heavy atom. The molecule has 0 atom stereocenters. The average Bonchev–Trinajstić information content (AvgIpc) is 3.83. The summed E-state index contributed by atoms with van der Waals surface area (Å²) in [5, 5.41) is 29.5. The number of hydrogen-bond donors (Lipinski definition) is 0. The van der Waals surface area contributed by atoms with E-state index in [1.807, 2.05) is 24.3 Å². The molecule has 0 radical (unpaired) electrons. The van der Waals surface area contributed by atoms with E-state index in [1.54, 1.807) is 0 Å². The first-order valence-corrected chi connectivity index (χ1v) is 17.5. The number of nitriles is 2. The standard InChI is InChI=1S/C47H31N5/c1-47(2,52-42-25-13-7-19-34(42)35-20-8-14-26-43(35)52)46-36(28-48)44(50-38-21-9-3-15-30(38)31-16-4-10-22-39(31)50)27-45(37(46)29-49)51-40-23-11-5-17-32(40)33-18-6-12-24-41(33)51/h3-27H,1-2H3. The van der Waals surface area contributed by atoms with Gasteiger partial charge in [-0.25, -0.2) is 0 Å². The highest BCUT2D eigenvalue weighted by Gasteiger charge is 2.36. The van der Waals surface area contributed by atoms with Crippen LogP contribution in [0.4, 0.5) is 0 Å². The van der Waals surface area contributed by atoms with Gasteiger partial charge in [0.1, 0.15) is 12.1 Å². The zero-order chi connectivity index (χ0) is 35.1. The van der Waals surface area contributed by atoms with Crippen LogP contribution in [-0.4, -0.2) is 13.7 Å². The van der Waals surface area contributed by atoms with E-state index in [9.17, 15) is 10.5 Å². The SMILES string of the molecule is CC(C)(c1c(C#N)c(-n2c3ccccc3c3ccccc32)cc(-n2c3ccccc3c3ccccc32)c1C#N)n1c2ccccc2c2ccccc21. The zero-order valence-corrected chi connectivity index (χ0v) is 28.7. The maximum Gasteiger partial charge on any atom is 0.102 e. The first-order valence-electron chi connectivity index (χ1n) is 17.5. The summed E-state index contributed by atoms with van der Waals surface area (Å²) >= 11 is 0. The molecule has 0 spiro atoms. The number of aromatic nitrogens is 3. The zero-order valence-electron chi connectivity index (χ0n) is 28.7. The van der Waals surface area contributed by atoms with Gasteiger partial charge in [-0.15, -0.1) is 0 Å². The third-order valence-electron chi connectivity index (χ3n) is 10.9. The lowest BCUT2D eigenvalue weighted by atomic mass is 9.83. The van der Waals surface area contributed by atoms with Crippen molar-refractivity contribution in [1.82, 2.24) is 13.7 Å². The summed E-state index contributed by atoms with van der Waals surface area (Å²) in [5.41, 5.74) is 8.32. The van der Waals surface area contributed by atoms with Gasteiger partial charge in [-0.05, 0) is 56.3 Å². The van der Waals surface area contributed by atoms with Gasteiger partial charge >= 0.3 is 0 Å². The monoisotopic (exact) mass is 665 g/mol. The molecule has 0 amide bonds. The van der Waals surface area contributed by atoms with Crippen LogP contribution in [-0.2, 0) is 5.54 Å². The van der Waals surface area contributed by atoms with Crippen LogP contribution < -0.4 is 0 Å². The Labute approximate surface area is 300 Å². The fourth-order valence-electron chi connectivity index (χ4n) is 8.85. The minimum Gasteiger partial charge on any atom is -0.331 e. The Hall–Kier alpha value is -7.08. The summed E-state index contributed by atoms with van der Waals surface area (Å²) in [6.07, 6.45) is 0. The van der Waals surface area contributed by atoms with Gasteiger partial charge in [0.2, 0.25) is 0 Å². The number of rotatable bonds is 4. The molecule has 52 heavy (non-hydrogen) atoms. The van der Waals surface area contributed by atoms with Gasteiger partial charge in [0.15, 0.2) is 0 Å². The van der Waals surface area contributed by atoms with Crippen LogP contribution in [0.2, 0.25) is 0 Å². The molecular formula is C47H31N5. The normalized spacial score (nSPS) is 12.0. The van der Waals surface area contributed by atoms with E-state index in [0.29, 0.717) is 16.7 Å². The third-order valence-corrected chi connectivity index (χ3v) is 10.9. The summed E-state index contributed by atoms with van der Waals surface area (Å²) in [6, 6.07) is 57.7. The Balaban J connectivity index is 1.44. The smallest absolute Gasteiger partial charge is 0.102 e. The highest BCUT2D eigenvalue weighted by molar-refractivity contribution is 6.11. The van der Waals surface area contributed by atoms with Gasteiger partial charge in [-0.3, -0.25) is 0 Å². The number of para-hydroxylation sites is 6. The van der Waals surface area contributed by atoms with Gasteiger partial charge in [0.05, 0.1) is 50.1 Å². The van der Waals surface area contributed by atoms with Gasteiger partial charge in [0.25, 0.3) is 0 Å². The van der Waals surface area contributed by atoms with Gasteiger partial charge < -0.3 is 13.7 Å². The van der Waals surface area contributed by atoms with Crippen LogP contribution in [0, 0.1) is 22.7 Å². The Morgan fingerprint density at radius 2 is 0.673 bits per heavy atom. The number of fused-ring (bicyclic) bond motifs is 9. The molecule has 0 aliphatic heterocycles. The summed E-state index contributed by atoms with van der Waals surface area (Å²) in [7, 11) is 0. The van der Waals surface area contributed by atoms with Crippen molar-refractivity contribution in [1.29, 1.82) is 10.5 Å². The third kappa shape index (κ3) is 3.91. The lowest BCUT2D eigenvalue weighted by molar-refractivity contribution is 0.462. The quantitative estimate of drug-likeness (QED) is 0.188. The fourth-order valence-corrected chi connectivity index (χ4v) is 8.85. The minimum absolute atomic E-state index is 0.472. The van der Waals surface area contributed by atoms with Crippen LogP contribution in [0.3, 0.4) is 0 Å². The summed E-state index contributed by atoms with van der Waals surface area (Å²) in [6.45, 7) is 4.29. The van der Waals surface area contributed by atoms with E-state index in [2.05, 4.69) is 167 Å². The first kappa shape index (κ1) is 29.8. The molecule has 7 aromatic carbocycles. The summed E-state index contributed by atoms with van der Waals surface area (Å²) < 4.78 is 6.75. The van der Waals surface area contributed by atoms with E-state index in [0.717, 1.165) is 76.8 Å². The van der Waals surface area contributed by atoms with Crippen LogP contribution in [0.15, 0.2) is 152 Å². The number of benzene rings is 7. The van der Waals surface area contributed by atoms with E-state index < -0.39 is 5.54 Å². The molecule has 0 aliphatic carbocycles. The largest absolute Gasteiger partial charge is 0.331 e. The highest BCUT2D eigenvalue weighted by Crippen LogP contribution is 2.45. The molecule has 0 unspecified atom stereocenters. The molecule has 244 valence electrons. The molecule has 0 aliphatic rings. The molecule has 0 saturated carbocycles. The highest BCUT2D eigenvalue weighted by atomic mass is 15.1. The Morgan fingerprint density at radius 3 is 0.981 bits per heavy atom. The van der Waals surface area contributed by atoms with E-state index in [4.69, 9.17) is 0 Å². The molecule has 5 heteroatoms. The molecule has 0 bridgehead atoms. The van der Waals surface area contributed by atoms with Crippen LogP contribution in [0.25, 0.3) is 76.8 Å². The van der Waals surface area contributed by atoms with Crippen molar-refractivity contribution in [3.63, 3.8) is 0 Å². The second kappa shape index (κ2) is 11.0. The molecule has 5 nitrogen and oxygen atoms in total.